The van der Waals surface area contributed by atoms with Gasteiger partial charge in [0.05, 0.1) is 0 Å². The van der Waals surface area contributed by atoms with Crippen LogP contribution in [-0.2, 0) is 4.79 Å². The molecule has 0 rings (SSSR count). The molecule has 2 N–H and O–H groups in total. The zero-order valence-corrected chi connectivity index (χ0v) is 16.9. The van der Waals surface area contributed by atoms with Crippen molar-refractivity contribution in [3.8, 4) is 0 Å². The average molecular weight is 293 g/mol. The molecule has 0 aliphatic heterocycles. The lowest BCUT2D eigenvalue weighted by molar-refractivity contribution is -0.114. The molecule has 0 aromatic heterocycles. The molecule has 0 spiro atoms. The van der Waals surface area contributed by atoms with Gasteiger partial charge in [0.25, 0.3) is 0 Å². The van der Waals surface area contributed by atoms with E-state index < -0.39 is 0 Å². The Morgan fingerprint density at radius 2 is 0.500 bits per heavy atom. The van der Waals surface area contributed by atoms with E-state index in [0.717, 1.165) is 0 Å². The molecular weight excluding hydrogens is 248 g/mol. The summed E-state index contributed by atoms with van der Waals surface area (Å²) in [6.07, 6.45) is 0. The third kappa shape index (κ3) is 35600. The Morgan fingerprint density at radius 1 is 0.500 bits per heavy atom. The van der Waals surface area contributed by atoms with Gasteiger partial charge in [-0.2, -0.15) is 0 Å². The molecule has 0 unspecified atom stereocenters. The summed E-state index contributed by atoms with van der Waals surface area (Å²) in [6.45, 7) is 29.3. The van der Waals surface area contributed by atoms with Gasteiger partial charge in [-0.25, -0.2) is 0 Å². The number of hydrogen-bond donors (Lipinski definition) is 0. The normalized spacial score (nSPS) is 10.3. The average Bonchev–Trinajstić information content (AvgIpc) is 1.66. The highest BCUT2D eigenvalue weighted by Crippen LogP contribution is 2.08. The Balaban J connectivity index is -0.0000000494. The van der Waals surface area contributed by atoms with Gasteiger partial charge in [0.2, 0.25) is 0 Å². The van der Waals surface area contributed by atoms with E-state index in [9.17, 15) is 4.79 Å². The lowest BCUT2D eigenvalue weighted by atomic mass is 10.0. The molecule has 0 saturated carbocycles. The van der Waals surface area contributed by atoms with Crippen LogP contribution in [0, 0.1) is 16.2 Å². The molecule has 128 valence electrons. The maximum atomic E-state index is 9.44. The molecule has 0 atom stereocenters. The number of ketones is 1. The van der Waals surface area contributed by atoms with Gasteiger partial charge in [-0.3, -0.25) is 0 Å². The zero-order valence-electron chi connectivity index (χ0n) is 16.9. The van der Waals surface area contributed by atoms with Crippen molar-refractivity contribution in [3.63, 3.8) is 0 Å². The van der Waals surface area contributed by atoms with E-state index in [2.05, 4.69) is 83.1 Å². The van der Waals surface area contributed by atoms with Gasteiger partial charge in [0.15, 0.2) is 0 Å². The van der Waals surface area contributed by atoms with Crippen LogP contribution in [0.5, 0.6) is 0 Å². The fourth-order valence-electron chi connectivity index (χ4n) is 0. The predicted octanol–water partition coefficient (Wildman–Crippen LogP) is 5.93. The summed E-state index contributed by atoms with van der Waals surface area (Å²) in [5, 5.41) is 0. The van der Waals surface area contributed by atoms with E-state index in [0.29, 0.717) is 16.2 Å². The first kappa shape index (κ1) is 31.8. The second-order valence-electron chi connectivity index (χ2n) is 9.91. The van der Waals surface area contributed by atoms with Gasteiger partial charge in [0, 0.05) is 0 Å². The molecular formula is C18H44O2. The summed E-state index contributed by atoms with van der Waals surface area (Å²) in [4.78, 5) is 9.44. The molecule has 0 fully saturated rings. The number of carbonyl (C=O) groups is 1. The number of hydrogen-bond acceptors (Lipinski definition) is 1. The fourth-order valence-corrected chi connectivity index (χ4v) is 0. The molecule has 0 aromatic rings. The zero-order chi connectivity index (χ0) is 17.1. The van der Waals surface area contributed by atoms with E-state index in [1.807, 2.05) is 0 Å². The van der Waals surface area contributed by atoms with E-state index in [4.69, 9.17) is 0 Å². The highest BCUT2D eigenvalue weighted by atomic mass is 16.1. The van der Waals surface area contributed by atoms with Crippen molar-refractivity contribution in [2.75, 3.05) is 0 Å². The first-order chi connectivity index (χ1) is 7.73. The van der Waals surface area contributed by atoms with Crippen molar-refractivity contribution in [2.45, 2.75) is 96.9 Å². The molecule has 0 heterocycles. The molecule has 20 heavy (non-hydrogen) atoms. The molecule has 0 aromatic carbocycles. The molecule has 0 radical (unpaired) electrons. The lowest BCUT2D eigenvalue weighted by Gasteiger charge is -2.05. The first-order valence-corrected chi connectivity index (χ1v) is 7.20. The van der Waals surface area contributed by atoms with Gasteiger partial charge in [-0.15, -0.1) is 0 Å². The summed E-state index contributed by atoms with van der Waals surface area (Å²) >= 11 is 0. The van der Waals surface area contributed by atoms with Crippen molar-refractivity contribution in [2.24, 2.45) is 16.2 Å². The fraction of sp³-hybridized carbons (Fsp3) is 0.944. The molecule has 0 amide bonds. The summed E-state index contributed by atoms with van der Waals surface area (Å²) in [6, 6.07) is 0. The minimum atomic E-state index is 0. The second-order valence-corrected chi connectivity index (χ2v) is 9.91. The van der Waals surface area contributed by atoms with Gasteiger partial charge in [-0.05, 0) is 30.1 Å². The monoisotopic (exact) mass is 292 g/mol. The Kier molecular flexibility index (Phi) is 21.7. The molecule has 0 bridgehead atoms. The number of Topliss-reactive ketones (excluding diaryl/α,β-unsaturated/α-hetero) is 1. The third-order valence-corrected chi connectivity index (χ3v) is 0. The smallest absolute Gasteiger partial charge is 0.126 e. The molecule has 2 nitrogen and oxygen atoms in total. The number of rotatable bonds is 0. The molecule has 2 heteroatoms. The van der Waals surface area contributed by atoms with Gasteiger partial charge >= 0.3 is 0 Å². The van der Waals surface area contributed by atoms with Crippen molar-refractivity contribution in [1.82, 2.24) is 0 Å². The van der Waals surface area contributed by atoms with Gasteiger partial charge in [-0.1, -0.05) is 83.1 Å². The minimum Gasteiger partial charge on any atom is -0.412 e. The largest absolute Gasteiger partial charge is 0.412 e. The number of carbonyl (C=O) groups excluding carboxylic acids is 1. The van der Waals surface area contributed by atoms with Crippen LogP contribution >= 0.6 is 0 Å². The highest BCUT2D eigenvalue weighted by molar-refractivity contribution is 5.72. The third-order valence-electron chi connectivity index (χ3n) is 0. The summed E-state index contributed by atoms with van der Waals surface area (Å²) in [7, 11) is 0. The van der Waals surface area contributed by atoms with Crippen LogP contribution in [0.4, 0.5) is 0 Å². The SMILES string of the molecule is CC(C)(C)C.CC(C)(C)C.CC(C)(C)C.CC(C)=O.O. The van der Waals surface area contributed by atoms with Crippen LogP contribution < -0.4 is 0 Å². The van der Waals surface area contributed by atoms with Crippen LogP contribution in [0.15, 0.2) is 0 Å². The molecule has 0 saturated heterocycles. The van der Waals surface area contributed by atoms with Crippen molar-refractivity contribution < 1.29 is 10.3 Å². The maximum Gasteiger partial charge on any atom is 0.126 e. The van der Waals surface area contributed by atoms with Crippen LogP contribution in [0.3, 0.4) is 0 Å². The summed E-state index contributed by atoms with van der Waals surface area (Å²) in [5.41, 5.74) is 1.50. The van der Waals surface area contributed by atoms with Crippen LogP contribution in [0.2, 0.25) is 0 Å². The Morgan fingerprint density at radius 3 is 0.500 bits per heavy atom. The van der Waals surface area contributed by atoms with Gasteiger partial charge in [0.1, 0.15) is 5.78 Å². The van der Waals surface area contributed by atoms with Crippen molar-refractivity contribution >= 4 is 5.78 Å². The Labute approximate surface area is 130 Å². The Hall–Kier alpha value is -0.370. The van der Waals surface area contributed by atoms with Crippen molar-refractivity contribution in [3.05, 3.63) is 0 Å². The van der Waals surface area contributed by atoms with E-state index in [1.165, 1.54) is 13.8 Å². The lowest BCUT2D eigenvalue weighted by Crippen LogP contribution is -1.93. The predicted molar refractivity (Wildman–Crippen MR) is 95.4 cm³/mol. The molecule has 0 aliphatic carbocycles. The Bertz CT molecular complexity index is 146. The van der Waals surface area contributed by atoms with E-state index >= 15 is 0 Å². The quantitative estimate of drug-likeness (QED) is 0.546. The summed E-state index contributed by atoms with van der Waals surface area (Å²) in [5.74, 6) is 0.167. The van der Waals surface area contributed by atoms with E-state index in [1.54, 1.807) is 0 Å². The van der Waals surface area contributed by atoms with Crippen LogP contribution in [0.25, 0.3) is 0 Å². The van der Waals surface area contributed by atoms with E-state index in [-0.39, 0.29) is 11.3 Å². The topological polar surface area (TPSA) is 48.6 Å². The summed E-state index contributed by atoms with van der Waals surface area (Å²) < 4.78 is 0. The minimum absolute atomic E-state index is 0. The standard InChI is InChI=1S/3C5H12.C3H6O.H2O/c3*1-5(2,3)4;1-3(2)4;/h3*1-4H3;1-2H3;1H2. The van der Waals surface area contributed by atoms with Crippen LogP contribution in [-0.4, -0.2) is 11.3 Å². The molecule has 0 aliphatic rings. The van der Waals surface area contributed by atoms with Gasteiger partial charge < -0.3 is 10.3 Å². The second kappa shape index (κ2) is 13.6. The van der Waals surface area contributed by atoms with Crippen LogP contribution in [0.1, 0.15) is 96.9 Å². The first-order valence-electron chi connectivity index (χ1n) is 7.20. The maximum absolute atomic E-state index is 9.44. The highest BCUT2D eigenvalue weighted by Gasteiger charge is 1.96. The van der Waals surface area contributed by atoms with Crippen molar-refractivity contribution in [1.29, 1.82) is 0 Å².